The molecular weight excluding hydrogens is 352 g/mol. The molecule has 3 heterocycles. The summed E-state index contributed by atoms with van der Waals surface area (Å²) in [5, 5.41) is 1.18. The van der Waals surface area contributed by atoms with Crippen molar-refractivity contribution < 1.29 is 9.15 Å². The number of ether oxygens (including phenoxy) is 1. The van der Waals surface area contributed by atoms with Gasteiger partial charge in [0.05, 0.1) is 24.4 Å². The Labute approximate surface area is 162 Å². The molecular formula is C22H22N4O2. The van der Waals surface area contributed by atoms with Crippen molar-refractivity contribution in [1.82, 2.24) is 9.97 Å². The van der Waals surface area contributed by atoms with Gasteiger partial charge in [-0.1, -0.05) is 19.1 Å². The number of hydrogen-bond acceptors (Lipinski definition) is 6. The topological polar surface area (TPSA) is 77.4 Å². The van der Waals surface area contributed by atoms with E-state index < -0.39 is 0 Å². The number of pyridine rings is 1. The molecule has 0 atom stereocenters. The third-order valence-corrected chi connectivity index (χ3v) is 5.36. The van der Waals surface area contributed by atoms with Gasteiger partial charge in [-0.25, -0.2) is 0 Å². The molecule has 0 amide bonds. The Morgan fingerprint density at radius 3 is 2.64 bits per heavy atom. The molecule has 0 spiro atoms. The first-order chi connectivity index (χ1) is 13.7. The number of oxazole rings is 1. The van der Waals surface area contributed by atoms with Crippen molar-refractivity contribution >= 4 is 33.7 Å². The maximum atomic E-state index is 5.69. The lowest BCUT2D eigenvalue weighted by molar-refractivity contribution is 0.123. The Balaban J connectivity index is 1.67. The summed E-state index contributed by atoms with van der Waals surface area (Å²) >= 11 is 0. The van der Waals surface area contributed by atoms with E-state index in [4.69, 9.17) is 19.9 Å². The summed E-state index contributed by atoms with van der Waals surface area (Å²) in [6.07, 6.45) is 2.96. The van der Waals surface area contributed by atoms with Crippen LogP contribution in [-0.4, -0.2) is 36.3 Å². The molecule has 5 rings (SSSR count). The molecule has 2 N–H and O–H groups in total. The molecule has 0 aliphatic carbocycles. The van der Waals surface area contributed by atoms with Crippen LogP contribution >= 0.6 is 0 Å². The molecule has 2 aromatic heterocycles. The van der Waals surface area contributed by atoms with E-state index in [1.807, 2.05) is 24.4 Å². The number of aromatic nitrogens is 2. The van der Waals surface area contributed by atoms with Gasteiger partial charge in [-0.2, -0.15) is 4.98 Å². The molecule has 28 heavy (non-hydrogen) atoms. The summed E-state index contributed by atoms with van der Waals surface area (Å²) in [6.45, 7) is 5.51. The van der Waals surface area contributed by atoms with E-state index in [2.05, 4.69) is 35.0 Å². The normalized spacial score (nSPS) is 14.8. The summed E-state index contributed by atoms with van der Waals surface area (Å²) < 4.78 is 11.0. The second kappa shape index (κ2) is 6.80. The quantitative estimate of drug-likeness (QED) is 0.583. The molecule has 142 valence electrons. The molecule has 6 nitrogen and oxygen atoms in total. The molecule has 4 aromatic rings. The largest absolute Gasteiger partial charge is 0.424 e. The highest BCUT2D eigenvalue weighted by Crippen LogP contribution is 2.34. The molecule has 0 unspecified atom stereocenters. The zero-order valence-electron chi connectivity index (χ0n) is 15.8. The fourth-order valence-electron chi connectivity index (χ4n) is 3.94. The van der Waals surface area contributed by atoms with E-state index in [0.29, 0.717) is 5.58 Å². The highest BCUT2D eigenvalue weighted by Gasteiger charge is 2.18. The van der Waals surface area contributed by atoms with Crippen LogP contribution in [0.4, 0.5) is 11.7 Å². The minimum Gasteiger partial charge on any atom is -0.424 e. The monoisotopic (exact) mass is 374 g/mol. The predicted molar refractivity (Wildman–Crippen MR) is 112 cm³/mol. The van der Waals surface area contributed by atoms with Gasteiger partial charge in [0.1, 0.15) is 5.52 Å². The highest BCUT2D eigenvalue weighted by molar-refractivity contribution is 5.97. The lowest BCUT2D eigenvalue weighted by Gasteiger charge is -2.31. The van der Waals surface area contributed by atoms with Gasteiger partial charge in [0.2, 0.25) is 0 Å². The Kier molecular flexibility index (Phi) is 4.13. The number of benzene rings is 2. The number of fused-ring (bicyclic) bond motifs is 2. The number of nitrogens with two attached hydrogens (primary N) is 1. The number of rotatable bonds is 3. The van der Waals surface area contributed by atoms with E-state index in [-0.39, 0.29) is 6.01 Å². The van der Waals surface area contributed by atoms with Gasteiger partial charge in [0, 0.05) is 24.7 Å². The fraction of sp³-hybridized carbons (Fsp3) is 0.273. The molecule has 1 aliphatic heterocycles. The van der Waals surface area contributed by atoms with Crippen molar-refractivity contribution in [3.8, 4) is 11.1 Å². The first-order valence-corrected chi connectivity index (χ1v) is 9.63. The molecule has 0 bridgehead atoms. The van der Waals surface area contributed by atoms with Crippen LogP contribution in [0.1, 0.15) is 12.5 Å². The average molecular weight is 374 g/mol. The molecule has 1 aliphatic rings. The first kappa shape index (κ1) is 17.0. The Bertz CT molecular complexity index is 1160. The number of anilines is 2. The Morgan fingerprint density at radius 2 is 1.82 bits per heavy atom. The predicted octanol–water partition coefficient (Wildman–Crippen LogP) is 4.02. The number of nitrogens with zero attached hydrogens (tertiary/aromatic N) is 3. The highest BCUT2D eigenvalue weighted by atomic mass is 16.5. The first-order valence-electron chi connectivity index (χ1n) is 9.63. The zero-order chi connectivity index (χ0) is 19.1. The second-order valence-corrected chi connectivity index (χ2v) is 7.05. The van der Waals surface area contributed by atoms with Crippen LogP contribution in [-0.2, 0) is 11.2 Å². The molecule has 0 saturated carbocycles. The standard InChI is InChI=1S/C22H22N4O2/c1-2-14-13-24-18-5-3-15(11-17(18)21(14)26-7-9-27-10-8-26)16-4-6-20-19(12-16)25-22(23)28-20/h3-6,11-13H,2,7-10H2,1H3,(H2,23,25). The summed E-state index contributed by atoms with van der Waals surface area (Å²) in [7, 11) is 0. The van der Waals surface area contributed by atoms with Gasteiger partial charge in [0.25, 0.3) is 6.01 Å². The van der Waals surface area contributed by atoms with Crippen LogP contribution in [0.2, 0.25) is 0 Å². The number of aryl methyl sites for hydroxylation is 1. The van der Waals surface area contributed by atoms with Crippen LogP contribution in [0.3, 0.4) is 0 Å². The molecule has 1 saturated heterocycles. The van der Waals surface area contributed by atoms with Gasteiger partial charge in [0.15, 0.2) is 5.58 Å². The Morgan fingerprint density at radius 1 is 1.04 bits per heavy atom. The van der Waals surface area contributed by atoms with Gasteiger partial charge >= 0.3 is 0 Å². The lowest BCUT2D eigenvalue weighted by Crippen LogP contribution is -2.37. The number of morpholine rings is 1. The van der Waals surface area contributed by atoms with E-state index in [1.54, 1.807) is 0 Å². The Hall–Kier alpha value is -3.12. The second-order valence-electron chi connectivity index (χ2n) is 7.05. The summed E-state index contributed by atoms with van der Waals surface area (Å²) in [6, 6.07) is 12.6. The van der Waals surface area contributed by atoms with Crippen LogP contribution in [0.15, 0.2) is 47.0 Å². The van der Waals surface area contributed by atoms with E-state index >= 15 is 0 Å². The minimum absolute atomic E-state index is 0.192. The lowest BCUT2D eigenvalue weighted by atomic mass is 9.99. The van der Waals surface area contributed by atoms with Crippen molar-refractivity contribution in [2.24, 2.45) is 0 Å². The summed E-state index contributed by atoms with van der Waals surface area (Å²) in [5.74, 6) is 0. The van der Waals surface area contributed by atoms with Crippen LogP contribution in [0, 0.1) is 0 Å². The van der Waals surface area contributed by atoms with Crippen molar-refractivity contribution in [3.63, 3.8) is 0 Å². The van der Waals surface area contributed by atoms with Gasteiger partial charge < -0.3 is 19.8 Å². The maximum Gasteiger partial charge on any atom is 0.292 e. The van der Waals surface area contributed by atoms with Crippen molar-refractivity contribution in [2.45, 2.75) is 13.3 Å². The van der Waals surface area contributed by atoms with Crippen LogP contribution in [0.5, 0.6) is 0 Å². The number of hydrogen-bond donors (Lipinski definition) is 1. The molecule has 1 fully saturated rings. The van der Waals surface area contributed by atoms with Crippen molar-refractivity contribution in [2.75, 3.05) is 36.9 Å². The van der Waals surface area contributed by atoms with E-state index in [9.17, 15) is 0 Å². The van der Waals surface area contributed by atoms with E-state index in [0.717, 1.165) is 54.9 Å². The summed E-state index contributed by atoms with van der Waals surface area (Å²) in [4.78, 5) is 11.4. The molecule has 0 radical (unpaired) electrons. The van der Waals surface area contributed by atoms with Gasteiger partial charge in [-0.05, 0) is 47.4 Å². The fourth-order valence-corrected chi connectivity index (χ4v) is 3.94. The molecule has 6 heteroatoms. The average Bonchev–Trinajstić information content (AvgIpc) is 3.12. The zero-order valence-corrected chi connectivity index (χ0v) is 15.8. The van der Waals surface area contributed by atoms with Gasteiger partial charge in [-0.3, -0.25) is 4.98 Å². The third kappa shape index (κ3) is 2.86. The SMILES string of the molecule is CCc1cnc2ccc(-c3ccc4oc(N)nc4c3)cc2c1N1CCOCC1. The third-order valence-electron chi connectivity index (χ3n) is 5.36. The van der Waals surface area contributed by atoms with Crippen LogP contribution in [0.25, 0.3) is 33.1 Å². The number of nitrogen functional groups attached to an aromatic ring is 1. The van der Waals surface area contributed by atoms with E-state index in [1.165, 1.54) is 16.6 Å². The van der Waals surface area contributed by atoms with Crippen LogP contribution < -0.4 is 10.6 Å². The maximum absolute atomic E-state index is 5.69. The van der Waals surface area contributed by atoms with Crippen molar-refractivity contribution in [3.05, 3.63) is 48.2 Å². The summed E-state index contributed by atoms with van der Waals surface area (Å²) in [5.41, 5.74) is 12.9. The molecule has 2 aromatic carbocycles. The minimum atomic E-state index is 0.192. The van der Waals surface area contributed by atoms with Gasteiger partial charge in [-0.15, -0.1) is 0 Å². The smallest absolute Gasteiger partial charge is 0.292 e. The van der Waals surface area contributed by atoms with Crippen molar-refractivity contribution in [1.29, 1.82) is 0 Å².